The van der Waals surface area contributed by atoms with Gasteiger partial charge < -0.3 is 10.4 Å². The van der Waals surface area contributed by atoms with Crippen LogP contribution in [0.25, 0.3) is 0 Å². The van der Waals surface area contributed by atoms with Gasteiger partial charge in [-0.3, -0.25) is 0 Å². The van der Waals surface area contributed by atoms with Crippen LogP contribution in [0.15, 0.2) is 30.3 Å². The Kier molecular flexibility index (Phi) is 6.63. The predicted octanol–water partition coefficient (Wildman–Crippen LogP) is 2.84. The lowest BCUT2D eigenvalue weighted by molar-refractivity contribution is 0.299. The summed E-state index contributed by atoms with van der Waals surface area (Å²) in [6, 6.07) is 10.9. The molecule has 0 bridgehead atoms. The smallest absolute Gasteiger partial charge is 0.0547 e. The van der Waals surface area contributed by atoms with Crippen LogP contribution in [0.1, 0.15) is 32.4 Å². The molecule has 2 N–H and O–H groups in total. The van der Waals surface area contributed by atoms with E-state index >= 15 is 0 Å². The molecule has 1 rings (SSSR count). The molecule has 96 valence electrons. The quantitative estimate of drug-likeness (QED) is 0.784. The van der Waals surface area contributed by atoms with E-state index in [4.69, 9.17) is 5.11 Å². The van der Waals surface area contributed by atoms with E-state index in [0.717, 1.165) is 6.54 Å². The maximum absolute atomic E-state index is 9.12. The van der Waals surface area contributed by atoms with Crippen LogP contribution in [0.4, 0.5) is 0 Å². The van der Waals surface area contributed by atoms with E-state index in [1.807, 2.05) is 17.8 Å². The monoisotopic (exact) mass is 253 g/mol. The van der Waals surface area contributed by atoms with E-state index in [1.165, 1.54) is 5.56 Å². The summed E-state index contributed by atoms with van der Waals surface area (Å²) in [5.74, 6) is 0. The summed E-state index contributed by atoms with van der Waals surface area (Å²) < 4.78 is 0. The molecule has 0 aliphatic heterocycles. The summed E-state index contributed by atoms with van der Waals surface area (Å²) >= 11 is 1.83. The SMILES string of the molecule is CCNC(c1ccccc1)C(C)SC(C)CO. The fourth-order valence-electron chi connectivity index (χ4n) is 1.92. The number of rotatable bonds is 7. The third kappa shape index (κ3) is 4.70. The molecule has 0 spiro atoms. The zero-order chi connectivity index (χ0) is 12.7. The lowest BCUT2D eigenvalue weighted by atomic mass is 10.0. The lowest BCUT2D eigenvalue weighted by Crippen LogP contribution is -2.29. The van der Waals surface area contributed by atoms with Gasteiger partial charge in [0.05, 0.1) is 6.61 Å². The van der Waals surface area contributed by atoms with Crippen molar-refractivity contribution in [3.8, 4) is 0 Å². The number of hydrogen-bond donors (Lipinski definition) is 2. The van der Waals surface area contributed by atoms with E-state index in [1.54, 1.807) is 0 Å². The first-order valence-electron chi connectivity index (χ1n) is 6.23. The average molecular weight is 253 g/mol. The summed E-state index contributed by atoms with van der Waals surface area (Å²) in [4.78, 5) is 0. The van der Waals surface area contributed by atoms with Gasteiger partial charge in [0.25, 0.3) is 0 Å². The molecule has 3 heteroatoms. The number of nitrogens with one attached hydrogen (secondary N) is 1. The van der Waals surface area contributed by atoms with Gasteiger partial charge in [0, 0.05) is 16.5 Å². The van der Waals surface area contributed by atoms with Crippen molar-refractivity contribution in [1.29, 1.82) is 0 Å². The molecule has 3 atom stereocenters. The Bertz CT molecular complexity index is 304. The molecule has 0 amide bonds. The molecule has 1 aromatic rings. The second-order valence-electron chi connectivity index (χ2n) is 4.28. The minimum Gasteiger partial charge on any atom is -0.395 e. The number of benzene rings is 1. The van der Waals surface area contributed by atoms with Gasteiger partial charge >= 0.3 is 0 Å². The highest BCUT2D eigenvalue weighted by atomic mass is 32.2. The standard InChI is InChI=1S/C14H23NOS/c1-4-15-14(12(3)17-11(2)10-16)13-8-6-5-7-9-13/h5-9,11-12,14-16H,4,10H2,1-3H3. The summed E-state index contributed by atoms with van der Waals surface area (Å²) in [6.07, 6.45) is 0. The van der Waals surface area contributed by atoms with Crippen molar-refractivity contribution < 1.29 is 5.11 Å². The van der Waals surface area contributed by atoms with E-state index in [0.29, 0.717) is 11.3 Å². The zero-order valence-electron chi connectivity index (χ0n) is 10.9. The van der Waals surface area contributed by atoms with Crippen LogP contribution in [-0.2, 0) is 0 Å². The Labute approximate surface area is 109 Å². The van der Waals surface area contributed by atoms with Crippen LogP contribution in [-0.4, -0.2) is 28.8 Å². The molecular weight excluding hydrogens is 230 g/mol. The number of hydrogen-bond acceptors (Lipinski definition) is 3. The van der Waals surface area contributed by atoms with Gasteiger partial charge in [-0.05, 0) is 12.1 Å². The Hall–Kier alpha value is -0.510. The molecule has 0 aliphatic carbocycles. The van der Waals surface area contributed by atoms with Crippen molar-refractivity contribution in [2.45, 2.75) is 37.3 Å². The molecule has 17 heavy (non-hydrogen) atoms. The zero-order valence-corrected chi connectivity index (χ0v) is 11.7. The topological polar surface area (TPSA) is 32.3 Å². The molecule has 0 heterocycles. The summed E-state index contributed by atoms with van der Waals surface area (Å²) in [5, 5.41) is 13.4. The molecule has 0 fully saturated rings. The Balaban J connectivity index is 2.71. The van der Waals surface area contributed by atoms with Gasteiger partial charge in [0.15, 0.2) is 0 Å². The van der Waals surface area contributed by atoms with Gasteiger partial charge in [-0.15, -0.1) is 0 Å². The Morgan fingerprint density at radius 1 is 1.24 bits per heavy atom. The Morgan fingerprint density at radius 3 is 2.41 bits per heavy atom. The number of aliphatic hydroxyl groups is 1. The average Bonchev–Trinajstić information content (AvgIpc) is 2.36. The molecular formula is C14H23NOS. The fraction of sp³-hybridized carbons (Fsp3) is 0.571. The first-order chi connectivity index (χ1) is 8.19. The Morgan fingerprint density at radius 2 is 1.88 bits per heavy atom. The highest BCUT2D eigenvalue weighted by Gasteiger charge is 2.20. The van der Waals surface area contributed by atoms with Crippen molar-refractivity contribution in [3.05, 3.63) is 35.9 Å². The van der Waals surface area contributed by atoms with Crippen molar-refractivity contribution >= 4 is 11.8 Å². The molecule has 1 aromatic carbocycles. The van der Waals surface area contributed by atoms with Crippen LogP contribution < -0.4 is 5.32 Å². The van der Waals surface area contributed by atoms with Crippen molar-refractivity contribution in [2.75, 3.05) is 13.2 Å². The number of thioether (sulfide) groups is 1. The minimum absolute atomic E-state index is 0.239. The molecule has 3 unspecified atom stereocenters. The maximum Gasteiger partial charge on any atom is 0.0547 e. The first-order valence-corrected chi connectivity index (χ1v) is 7.18. The summed E-state index contributed by atoms with van der Waals surface area (Å²) in [6.45, 7) is 7.61. The summed E-state index contributed by atoms with van der Waals surface area (Å²) in [7, 11) is 0. The van der Waals surface area contributed by atoms with Crippen LogP contribution in [0.3, 0.4) is 0 Å². The van der Waals surface area contributed by atoms with Gasteiger partial charge in [-0.1, -0.05) is 51.1 Å². The van der Waals surface area contributed by atoms with Crippen LogP contribution in [0.5, 0.6) is 0 Å². The van der Waals surface area contributed by atoms with Crippen molar-refractivity contribution in [3.63, 3.8) is 0 Å². The van der Waals surface area contributed by atoms with E-state index in [9.17, 15) is 0 Å². The highest BCUT2D eigenvalue weighted by Crippen LogP contribution is 2.29. The molecule has 2 nitrogen and oxygen atoms in total. The molecule has 0 aromatic heterocycles. The van der Waals surface area contributed by atoms with E-state index < -0.39 is 0 Å². The maximum atomic E-state index is 9.12. The highest BCUT2D eigenvalue weighted by molar-refractivity contribution is 8.00. The van der Waals surface area contributed by atoms with E-state index in [-0.39, 0.29) is 11.9 Å². The molecule has 0 saturated carbocycles. The third-order valence-electron chi connectivity index (χ3n) is 2.76. The van der Waals surface area contributed by atoms with Crippen molar-refractivity contribution in [1.82, 2.24) is 5.32 Å². The third-order valence-corrected chi connectivity index (χ3v) is 4.07. The van der Waals surface area contributed by atoms with Crippen molar-refractivity contribution in [2.24, 2.45) is 0 Å². The minimum atomic E-state index is 0.239. The normalized spacial score (nSPS) is 16.5. The fourth-order valence-corrected chi connectivity index (χ4v) is 3.15. The van der Waals surface area contributed by atoms with Crippen LogP contribution in [0, 0.1) is 0 Å². The van der Waals surface area contributed by atoms with Gasteiger partial charge in [-0.25, -0.2) is 0 Å². The lowest BCUT2D eigenvalue weighted by Gasteiger charge is -2.26. The van der Waals surface area contributed by atoms with E-state index in [2.05, 4.69) is 50.4 Å². The van der Waals surface area contributed by atoms with Gasteiger partial charge in [0.2, 0.25) is 0 Å². The first kappa shape index (κ1) is 14.6. The van der Waals surface area contributed by atoms with Gasteiger partial charge in [-0.2, -0.15) is 11.8 Å². The largest absolute Gasteiger partial charge is 0.395 e. The van der Waals surface area contributed by atoms with Crippen LogP contribution in [0.2, 0.25) is 0 Å². The van der Waals surface area contributed by atoms with Crippen LogP contribution >= 0.6 is 11.8 Å². The second-order valence-corrected chi connectivity index (χ2v) is 6.10. The second kappa shape index (κ2) is 7.75. The van der Waals surface area contributed by atoms with Gasteiger partial charge in [0.1, 0.15) is 0 Å². The summed E-state index contributed by atoms with van der Waals surface area (Å²) in [5.41, 5.74) is 1.32. The molecule has 0 radical (unpaired) electrons. The predicted molar refractivity (Wildman–Crippen MR) is 76.5 cm³/mol. The number of aliphatic hydroxyl groups excluding tert-OH is 1. The molecule has 0 aliphatic rings. The molecule has 0 saturated heterocycles.